The number of pyridine rings is 2. The Kier molecular flexibility index (Phi) is 8.13. The van der Waals surface area contributed by atoms with E-state index in [1.54, 1.807) is 13.0 Å². The number of aromatic nitrogens is 2. The number of amides is 2. The van der Waals surface area contributed by atoms with E-state index in [0.29, 0.717) is 10.9 Å². The van der Waals surface area contributed by atoms with Gasteiger partial charge in [-0.05, 0) is 67.9 Å². The first kappa shape index (κ1) is 31.9. The summed E-state index contributed by atoms with van der Waals surface area (Å²) in [6.45, 7) is 1.84. The number of fused-ring (bicyclic) bond motifs is 2. The predicted octanol–water partition coefficient (Wildman–Crippen LogP) is 4.60. The van der Waals surface area contributed by atoms with Crippen molar-refractivity contribution in [3.63, 3.8) is 0 Å². The number of alkyl halides is 4. The molecule has 0 radical (unpaired) electrons. The minimum absolute atomic E-state index is 0.0499. The number of hydrogen-bond acceptors (Lipinski definition) is 7. The molecule has 2 amide bonds. The summed E-state index contributed by atoms with van der Waals surface area (Å²) in [4.78, 5) is 34.4. The molecule has 9 nitrogen and oxygen atoms in total. The van der Waals surface area contributed by atoms with Crippen LogP contribution in [0.15, 0.2) is 48.5 Å². The zero-order valence-electron chi connectivity index (χ0n) is 24.2. The third-order valence-corrected chi connectivity index (χ3v) is 8.43. The molecular formula is C31H27ClF4N4O5. The number of aryl methyl sites for hydroxylation is 2. The van der Waals surface area contributed by atoms with Crippen molar-refractivity contribution in [1.82, 2.24) is 15.3 Å². The van der Waals surface area contributed by atoms with E-state index in [-0.39, 0.29) is 33.9 Å². The normalized spacial score (nSPS) is 17.4. The van der Waals surface area contributed by atoms with Gasteiger partial charge in [0.25, 0.3) is 5.91 Å². The van der Waals surface area contributed by atoms with E-state index in [2.05, 4.69) is 15.3 Å². The summed E-state index contributed by atoms with van der Waals surface area (Å²) in [5, 5.41) is 14.0. The Labute approximate surface area is 259 Å². The first-order valence-electron chi connectivity index (χ1n) is 13.5. The number of halogens is 5. The van der Waals surface area contributed by atoms with Crippen molar-refractivity contribution in [2.45, 2.75) is 31.0 Å². The number of hydrogen-bond donors (Lipinski definition) is 3. The number of nitrogens with zero attached hydrogens (tertiary/aromatic N) is 2. The van der Waals surface area contributed by atoms with Crippen LogP contribution >= 0.6 is 11.6 Å². The van der Waals surface area contributed by atoms with Crippen LogP contribution < -0.4 is 20.5 Å². The third-order valence-electron chi connectivity index (χ3n) is 7.98. The highest BCUT2D eigenvalue weighted by molar-refractivity contribution is 6.21. The van der Waals surface area contributed by atoms with Gasteiger partial charge in [0, 0.05) is 33.7 Å². The molecule has 0 fully saturated rings. The first-order chi connectivity index (χ1) is 21.1. The van der Waals surface area contributed by atoms with Gasteiger partial charge in [0.1, 0.15) is 40.5 Å². The largest absolute Gasteiger partial charge is 0.494 e. The average molecular weight is 647 g/mol. The second-order valence-electron chi connectivity index (χ2n) is 10.8. The maximum absolute atomic E-state index is 14.8. The Balaban J connectivity index is 1.60. The van der Waals surface area contributed by atoms with Gasteiger partial charge in [-0.15, -0.1) is 11.6 Å². The second kappa shape index (κ2) is 11.5. The summed E-state index contributed by atoms with van der Waals surface area (Å²) in [7, 11) is 1.37. The van der Waals surface area contributed by atoms with E-state index in [9.17, 15) is 32.3 Å². The van der Waals surface area contributed by atoms with Crippen LogP contribution in [0.3, 0.4) is 0 Å². The highest BCUT2D eigenvalue weighted by Crippen LogP contribution is 2.48. The molecule has 0 aliphatic carbocycles. The van der Waals surface area contributed by atoms with Gasteiger partial charge in [-0.2, -0.15) is 13.2 Å². The van der Waals surface area contributed by atoms with Gasteiger partial charge in [0.2, 0.25) is 11.5 Å². The van der Waals surface area contributed by atoms with E-state index < -0.39 is 59.5 Å². The third kappa shape index (κ3) is 5.39. The Morgan fingerprint density at radius 2 is 1.82 bits per heavy atom. The number of primary amides is 1. The predicted molar refractivity (Wildman–Crippen MR) is 157 cm³/mol. The van der Waals surface area contributed by atoms with E-state index in [0.717, 1.165) is 29.5 Å². The zero-order chi connectivity index (χ0) is 32.9. The maximum Gasteiger partial charge on any atom is 0.424 e. The number of aliphatic hydroxyl groups is 1. The summed E-state index contributed by atoms with van der Waals surface area (Å²) in [6, 6.07) is 9.98. The van der Waals surface area contributed by atoms with Crippen LogP contribution in [-0.2, 0) is 15.8 Å². The molecule has 2 aromatic carbocycles. The molecule has 236 valence electrons. The van der Waals surface area contributed by atoms with Crippen LogP contribution in [0.5, 0.6) is 11.5 Å². The topological polar surface area (TPSA) is 137 Å². The number of ether oxygens (including phenoxy) is 2. The molecule has 1 unspecified atom stereocenters. The van der Waals surface area contributed by atoms with Crippen LogP contribution in [0.1, 0.15) is 32.9 Å². The van der Waals surface area contributed by atoms with Crippen molar-refractivity contribution in [1.29, 1.82) is 0 Å². The van der Waals surface area contributed by atoms with Crippen molar-refractivity contribution in [3.8, 4) is 22.8 Å². The van der Waals surface area contributed by atoms with Crippen molar-refractivity contribution in [3.05, 3.63) is 82.4 Å². The Bertz CT molecular complexity index is 1840. The molecule has 3 heterocycles. The van der Waals surface area contributed by atoms with Gasteiger partial charge in [-0.25, -0.2) is 14.4 Å². The quantitative estimate of drug-likeness (QED) is 0.188. The summed E-state index contributed by atoms with van der Waals surface area (Å²) in [5.41, 5.74) is 0.845. The van der Waals surface area contributed by atoms with E-state index in [1.807, 2.05) is 6.92 Å². The molecule has 2 aromatic heterocycles. The maximum atomic E-state index is 14.8. The Morgan fingerprint density at radius 1 is 1.13 bits per heavy atom. The summed E-state index contributed by atoms with van der Waals surface area (Å²) in [6.07, 6.45) is -5.39. The number of nitrogens with two attached hydrogens (primary N) is 1. The van der Waals surface area contributed by atoms with Gasteiger partial charge in [0.15, 0.2) is 0 Å². The molecule has 4 aromatic rings. The number of carbonyl (C=O) groups is 2. The average Bonchev–Trinajstić information content (AvgIpc) is 3.39. The SMILES string of the molecule is COc1cc(C(=O)NCC(O)(c2cc3c(c(-c4ccc(F)cc4)n2)OC[C@]3(CCl)C(N)=O)C(F)(F)F)cc2cc(C)c(C)nc12. The molecule has 45 heavy (non-hydrogen) atoms. The number of nitrogens with one attached hydrogen (secondary N) is 1. The monoisotopic (exact) mass is 646 g/mol. The standard InChI is InChI=1S/C31H27ClF4N4O5/c1-15-8-18-9-19(10-22(44-3)24(18)39-16(15)2)27(41)38-13-30(43,31(34,35)36)23-11-21-26(45-14-29(21,12-32)28(37)42)25(40-23)17-4-6-20(33)7-5-17/h4-11,43H,12-14H2,1-3H3,(H2,37,42)(H,38,41)/t29-,30?/m0/s1. The molecule has 0 saturated carbocycles. The van der Waals surface area contributed by atoms with Crippen molar-refractivity contribution < 1.29 is 41.7 Å². The first-order valence-corrected chi connectivity index (χ1v) is 14.0. The minimum Gasteiger partial charge on any atom is -0.494 e. The van der Waals surface area contributed by atoms with Gasteiger partial charge < -0.3 is 25.6 Å². The molecule has 14 heteroatoms. The van der Waals surface area contributed by atoms with Gasteiger partial charge in [-0.3, -0.25) is 9.59 Å². The van der Waals surface area contributed by atoms with Gasteiger partial charge >= 0.3 is 6.18 Å². The smallest absolute Gasteiger partial charge is 0.424 e. The van der Waals surface area contributed by atoms with E-state index >= 15 is 0 Å². The van der Waals surface area contributed by atoms with Crippen LogP contribution in [0.4, 0.5) is 17.6 Å². The number of rotatable bonds is 8. The molecule has 0 saturated heterocycles. The van der Waals surface area contributed by atoms with E-state index in [1.165, 1.54) is 31.4 Å². The van der Waals surface area contributed by atoms with Crippen molar-refractivity contribution in [2.75, 3.05) is 26.1 Å². The lowest BCUT2D eigenvalue weighted by Gasteiger charge is -2.31. The molecule has 5 rings (SSSR count). The summed E-state index contributed by atoms with van der Waals surface area (Å²) >= 11 is 6.11. The van der Waals surface area contributed by atoms with Crippen molar-refractivity contribution in [2.24, 2.45) is 5.73 Å². The molecule has 0 spiro atoms. The number of methoxy groups -OCH3 is 1. The van der Waals surface area contributed by atoms with Crippen LogP contribution in [0, 0.1) is 19.7 Å². The minimum atomic E-state index is -5.39. The fraction of sp³-hybridized carbons (Fsp3) is 0.290. The summed E-state index contributed by atoms with van der Waals surface area (Å²) in [5.74, 6) is -2.89. The number of carbonyl (C=O) groups excluding carboxylic acids is 2. The molecule has 4 N–H and O–H groups in total. The number of benzene rings is 2. The highest BCUT2D eigenvalue weighted by atomic mass is 35.5. The fourth-order valence-electron chi connectivity index (χ4n) is 5.09. The molecular weight excluding hydrogens is 620 g/mol. The molecule has 0 bridgehead atoms. The zero-order valence-corrected chi connectivity index (χ0v) is 24.9. The van der Waals surface area contributed by atoms with Crippen molar-refractivity contribution >= 4 is 34.3 Å². The summed E-state index contributed by atoms with van der Waals surface area (Å²) < 4.78 is 69.0. The Morgan fingerprint density at radius 3 is 2.42 bits per heavy atom. The lowest BCUT2D eigenvalue weighted by molar-refractivity contribution is -0.265. The van der Waals surface area contributed by atoms with Crippen LogP contribution in [0.25, 0.3) is 22.2 Å². The fourth-order valence-corrected chi connectivity index (χ4v) is 5.44. The lowest BCUT2D eigenvalue weighted by Crippen LogP contribution is -2.52. The lowest BCUT2D eigenvalue weighted by atomic mass is 9.81. The van der Waals surface area contributed by atoms with Crippen LogP contribution in [0.2, 0.25) is 0 Å². The van der Waals surface area contributed by atoms with Gasteiger partial charge in [-0.1, -0.05) is 0 Å². The van der Waals surface area contributed by atoms with Crippen LogP contribution in [-0.4, -0.2) is 59.2 Å². The van der Waals surface area contributed by atoms with E-state index in [4.69, 9.17) is 26.8 Å². The van der Waals surface area contributed by atoms with Gasteiger partial charge in [0.05, 0.1) is 19.3 Å². The molecule has 1 aliphatic heterocycles. The molecule has 1 aliphatic rings. The highest BCUT2D eigenvalue weighted by Gasteiger charge is 2.58. The second-order valence-corrected chi connectivity index (χ2v) is 11.1. The molecule has 2 atom stereocenters. The Hall–Kier alpha value is -4.49.